The maximum absolute atomic E-state index is 9.42. The standard InChI is InChI=1S/C19H25NO/c1-4-18(15-8-6-14(3)7-9-15)20-19(5-2)16-10-12-17(21)13-11-16/h6-13,18-21H,4-5H2,1-3H3. The van der Waals surface area contributed by atoms with E-state index in [1.54, 1.807) is 12.1 Å². The zero-order valence-electron chi connectivity index (χ0n) is 13.1. The highest BCUT2D eigenvalue weighted by Gasteiger charge is 2.15. The van der Waals surface area contributed by atoms with Crippen LogP contribution < -0.4 is 5.32 Å². The second-order valence-corrected chi connectivity index (χ2v) is 5.59. The number of phenolic OH excluding ortho intramolecular Hbond substituents is 1. The highest BCUT2D eigenvalue weighted by Crippen LogP contribution is 2.25. The molecule has 0 bridgehead atoms. The first-order valence-electron chi connectivity index (χ1n) is 7.75. The lowest BCUT2D eigenvalue weighted by molar-refractivity contribution is 0.425. The highest BCUT2D eigenvalue weighted by molar-refractivity contribution is 5.29. The first-order valence-corrected chi connectivity index (χ1v) is 7.75. The first kappa shape index (κ1) is 15.6. The Morgan fingerprint density at radius 2 is 1.24 bits per heavy atom. The third-order valence-corrected chi connectivity index (χ3v) is 3.99. The lowest BCUT2D eigenvalue weighted by Gasteiger charge is -2.25. The van der Waals surface area contributed by atoms with Crippen molar-refractivity contribution in [2.24, 2.45) is 0 Å². The third kappa shape index (κ3) is 4.08. The van der Waals surface area contributed by atoms with Crippen LogP contribution in [0.15, 0.2) is 48.5 Å². The molecule has 2 atom stereocenters. The molecule has 112 valence electrons. The average molecular weight is 283 g/mol. The molecule has 0 radical (unpaired) electrons. The van der Waals surface area contributed by atoms with E-state index >= 15 is 0 Å². The van der Waals surface area contributed by atoms with Crippen LogP contribution in [0.5, 0.6) is 5.75 Å². The van der Waals surface area contributed by atoms with E-state index in [2.05, 4.69) is 50.4 Å². The molecule has 2 aromatic carbocycles. The van der Waals surface area contributed by atoms with Crippen molar-refractivity contribution in [1.82, 2.24) is 5.32 Å². The van der Waals surface area contributed by atoms with Crippen LogP contribution in [0.3, 0.4) is 0 Å². The molecule has 0 aromatic heterocycles. The van der Waals surface area contributed by atoms with E-state index in [0.29, 0.717) is 17.8 Å². The van der Waals surface area contributed by atoms with Crippen molar-refractivity contribution in [2.45, 2.75) is 45.7 Å². The number of nitrogens with one attached hydrogen (secondary N) is 1. The molecule has 2 unspecified atom stereocenters. The van der Waals surface area contributed by atoms with Crippen molar-refractivity contribution in [2.75, 3.05) is 0 Å². The Kier molecular flexibility index (Phi) is 5.40. The normalized spacial score (nSPS) is 13.9. The van der Waals surface area contributed by atoms with Gasteiger partial charge in [-0.1, -0.05) is 55.8 Å². The monoisotopic (exact) mass is 283 g/mol. The van der Waals surface area contributed by atoms with Gasteiger partial charge in [0.2, 0.25) is 0 Å². The van der Waals surface area contributed by atoms with Gasteiger partial charge in [-0.3, -0.25) is 0 Å². The molecule has 21 heavy (non-hydrogen) atoms. The summed E-state index contributed by atoms with van der Waals surface area (Å²) in [4.78, 5) is 0. The van der Waals surface area contributed by atoms with Gasteiger partial charge < -0.3 is 10.4 Å². The van der Waals surface area contributed by atoms with Gasteiger partial charge in [0.25, 0.3) is 0 Å². The van der Waals surface area contributed by atoms with Crippen molar-refractivity contribution < 1.29 is 5.11 Å². The van der Waals surface area contributed by atoms with Gasteiger partial charge in [-0.25, -0.2) is 0 Å². The minimum Gasteiger partial charge on any atom is -0.508 e. The molecule has 2 heteroatoms. The van der Waals surface area contributed by atoms with Gasteiger partial charge in [0.1, 0.15) is 5.75 Å². The van der Waals surface area contributed by atoms with Gasteiger partial charge in [-0.2, -0.15) is 0 Å². The molecule has 0 aliphatic carbocycles. The van der Waals surface area contributed by atoms with Crippen LogP contribution in [0.2, 0.25) is 0 Å². The van der Waals surface area contributed by atoms with E-state index in [9.17, 15) is 5.11 Å². The van der Waals surface area contributed by atoms with Gasteiger partial charge in [0, 0.05) is 12.1 Å². The van der Waals surface area contributed by atoms with E-state index in [1.807, 2.05) is 12.1 Å². The fourth-order valence-corrected chi connectivity index (χ4v) is 2.65. The van der Waals surface area contributed by atoms with E-state index < -0.39 is 0 Å². The summed E-state index contributed by atoms with van der Waals surface area (Å²) < 4.78 is 0. The van der Waals surface area contributed by atoms with Crippen LogP contribution >= 0.6 is 0 Å². The Hall–Kier alpha value is -1.80. The Morgan fingerprint density at radius 3 is 1.67 bits per heavy atom. The molecule has 0 aliphatic heterocycles. The van der Waals surface area contributed by atoms with Crippen molar-refractivity contribution in [3.63, 3.8) is 0 Å². The number of aryl methyl sites for hydroxylation is 1. The summed E-state index contributed by atoms with van der Waals surface area (Å²) in [6.45, 7) is 6.51. The maximum Gasteiger partial charge on any atom is 0.115 e. The zero-order chi connectivity index (χ0) is 15.2. The summed E-state index contributed by atoms with van der Waals surface area (Å²) >= 11 is 0. The summed E-state index contributed by atoms with van der Waals surface area (Å²) in [5.41, 5.74) is 3.85. The fraction of sp³-hybridized carbons (Fsp3) is 0.368. The van der Waals surface area contributed by atoms with Crippen molar-refractivity contribution in [3.8, 4) is 5.75 Å². The first-order chi connectivity index (χ1) is 10.1. The molecular formula is C19H25NO. The van der Waals surface area contributed by atoms with E-state index in [0.717, 1.165) is 12.8 Å². The quantitative estimate of drug-likeness (QED) is 0.791. The fourth-order valence-electron chi connectivity index (χ4n) is 2.65. The van der Waals surface area contributed by atoms with Crippen LogP contribution in [0, 0.1) is 6.92 Å². The average Bonchev–Trinajstić information content (AvgIpc) is 2.51. The maximum atomic E-state index is 9.42. The Labute approximate surface area is 127 Å². The molecule has 0 saturated heterocycles. The van der Waals surface area contributed by atoms with Crippen LogP contribution in [0.1, 0.15) is 55.5 Å². The minimum atomic E-state index is 0.303. The highest BCUT2D eigenvalue weighted by atomic mass is 16.3. The molecule has 0 heterocycles. The number of phenols is 1. The van der Waals surface area contributed by atoms with Gasteiger partial charge in [-0.15, -0.1) is 0 Å². The Morgan fingerprint density at radius 1 is 0.810 bits per heavy atom. The molecule has 0 fully saturated rings. The number of hydrogen-bond acceptors (Lipinski definition) is 2. The third-order valence-electron chi connectivity index (χ3n) is 3.99. The predicted molar refractivity (Wildman–Crippen MR) is 88.5 cm³/mol. The molecule has 2 aromatic rings. The van der Waals surface area contributed by atoms with Crippen LogP contribution in [0.4, 0.5) is 0 Å². The number of benzene rings is 2. The summed E-state index contributed by atoms with van der Waals surface area (Å²) in [7, 11) is 0. The predicted octanol–water partition coefficient (Wildman–Crippen LogP) is 4.89. The summed E-state index contributed by atoms with van der Waals surface area (Å²) in [5.74, 6) is 0.319. The topological polar surface area (TPSA) is 32.3 Å². The molecule has 2 rings (SSSR count). The largest absolute Gasteiger partial charge is 0.508 e. The summed E-state index contributed by atoms with van der Waals surface area (Å²) in [5, 5.41) is 13.2. The van der Waals surface area contributed by atoms with E-state index in [-0.39, 0.29) is 0 Å². The molecule has 0 aliphatic rings. The Balaban J connectivity index is 2.15. The summed E-state index contributed by atoms with van der Waals surface area (Å²) in [6.07, 6.45) is 2.07. The lowest BCUT2D eigenvalue weighted by Crippen LogP contribution is -2.25. The second-order valence-electron chi connectivity index (χ2n) is 5.59. The molecule has 2 N–H and O–H groups in total. The molecule has 2 nitrogen and oxygen atoms in total. The molecule has 0 saturated carbocycles. The lowest BCUT2D eigenvalue weighted by atomic mass is 9.98. The van der Waals surface area contributed by atoms with Crippen LogP contribution in [-0.2, 0) is 0 Å². The van der Waals surface area contributed by atoms with E-state index in [4.69, 9.17) is 0 Å². The second kappa shape index (κ2) is 7.28. The van der Waals surface area contributed by atoms with Crippen LogP contribution in [0.25, 0.3) is 0 Å². The molecular weight excluding hydrogens is 258 g/mol. The zero-order valence-corrected chi connectivity index (χ0v) is 13.1. The van der Waals surface area contributed by atoms with Crippen molar-refractivity contribution >= 4 is 0 Å². The van der Waals surface area contributed by atoms with Crippen molar-refractivity contribution in [3.05, 3.63) is 65.2 Å². The number of aromatic hydroxyl groups is 1. The molecule has 0 spiro atoms. The summed E-state index contributed by atoms with van der Waals surface area (Å²) in [6, 6.07) is 16.9. The SMILES string of the molecule is CCC(NC(CC)c1ccc(O)cc1)c1ccc(C)cc1. The number of rotatable bonds is 6. The number of hydrogen-bond donors (Lipinski definition) is 2. The van der Waals surface area contributed by atoms with E-state index in [1.165, 1.54) is 16.7 Å². The van der Waals surface area contributed by atoms with Crippen LogP contribution in [-0.4, -0.2) is 5.11 Å². The minimum absolute atomic E-state index is 0.303. The van der Waals surface area contributed by atoms with Gasteiger partial charge in [-0.05, 0) is 43.0 Å². The molecule has 0 amide bonds. The van der Waals surface area contributed by atoms with Crippen molar-refractivity contribution in [1.29, 1.82) is 0 Å². The van der Waals surface area contributed by atoms with Gasteiger partial charge in [0.05, 0.1) is 0 Å². The van der Waals surface area contributed by atoms with Gasteiger partial charge in [0.15, 0.2) is 0 Å². The Bertz CT molecular complexity index is 493. The smallest absolute Gasteiger partial charge is 0.115 e. The van der Waals surface area contributed by atoms with Gasteiger partial charge >= 0.3 is 0 Å².